The topological polar surface area (TPSA) is 35.2 Å². The van der Waals surface area contributed by atoms with Crippen LogP contribution in [-0.2, 0) is 6.61 Å². The molecule has 0 aliphatic carbocycles. The second-order valence-corrected chi connectivity index (χ2v) is 4.68. The molecule has 0 amide bonds. The van der Waals surface area contributed by atoms with Gasteiger partial charge >= 0.3 is 0 Å². The third-order valence-electron chi connectivity index (χ3n) is 2.76. The van der Waals surface area contributed by atoms with Crippen molar-refractivity contribution in [3.63, 3.8) is 0 Å². The van der Waals surface area contributed by atoms with Crippen molar-refractivity contribution in [1.82, 2.24) is 0 Å². The Hall–Kier alpha value is -1.94. The summed E-state index contributed by atoms with van der Waals surface area (Å²) >= 11 is 4.80. The zero-order valence-electron chi connectivity index (χ0n) is 10.5. The van der Waals surface area contributed by atoms with E-state index >= 15 is 0 Å². The van der Waals surface area contributed by atoms with E-state index in [1.807, 2.05) is 31.2 Å². The zero-order chi connectivity index (χ0) is 13.8. The minimum absolute atomic E-state index is 0.0506. The minimum Gasteiger partial charge on any atom is -0.489 e. The lowest BCUT2D eigenvalue weighted by Gasteiger charge is -2.09. The van der Waals surface area contributed by atoms with Gasteiger partial charge in [-0.15, -0.1) is 0 Å². The van der Waals surface area contributed by atoms with Gasteiger partial charge in [0, 0.05) is 11.1 Å². The number of rotatable bonds is 4. The number of hydrogen-bond acceptors (Lipinski definition) is 2. The van der Waals surface area contributed by atoms with Crippen molar-refractivity contribution in [2.24, 2.45) is 5.73 Å². The maximum absolute atomic E-state index is 14.0. The first-order valence-corrected chi connectivity index (χ1v) is 6.25. The number of hydrogen-bond donors (Lipinski definition) is 1. The SMILES string of the molecule is Cc1ccc(OCc2cccc(C(N)=S)c2F)cc1. The molecule has 0 heterocycles. The van der Waals surface area contributed by atoms with Gasteiger partial charge in [0.15, 0.2) is 0 Å². The van der Waals surface area contributed by atoms with Crippen LogP contribution >= 0.6 is 12.2 Å². The van der Waals surface area contributed by atoms with Gasteiger partial charge in [-0.1, -0.05) is 42.0 Å². The Balaban J connectivity index is 2.13. The maximum Gasteiger partial charge on any atom is 0.139 e. The van der Waals surface area contributed by atoms with Crippen molar-refractivity contribution in [2.75, 3.05) is 0 Å². The molecule has 0 bridgehead atoms. The van der Waals surface area contributed by atoms with Crippen molar-refractivity contribution in [1.29, 1.82) is 0 Å². The minimum atomic E-state index is -0.415. The fourth-order valence-electron chi connectivity index (χ4n) is 1.68. The van der Waals surface area contributed by atoms with Crippen LogP contribution in [0.15, 0.2) is 42.5 Å². The van der Waals surface area contributed by atoms with Gasteiger partial charge in [-0.05, 0) is 25.1 Å². The standard InChI is InChI=1S/C15H14FNOS/c1-10-5-7-12(8-6-10)18-9-11-3-2-4-13(14(11)16)15(17)19/h2-8H,9H2,1H3,(H2,17,19). The van der Waals surface area contributed by atoms with Crippen molar-refractivity contribution in [3.05, 3.63) is 65.0 Å². The average Bonchev–Trinajstić information content (AvgIpc) is 2.39. The van der Waals surface area contributed by atoms with Crippen molar-refractivity contribution in [2.45, 2.75) is 13.5 Å². The molecular weight excluding hydrogens is 261 g/mol. The fourth-order valence-corrected chi connectivity index (χ4v) is 1.83. The van der Waals surface area contributed by atoms with Crippen molar-refractivity contribution >= 4 is 17.2 Å². The lowest BCUT2D eigenvalue weighted by atomic mass is 10.1. The zero-order valence-corrected chi connectivity index (χ0v) is 11.3. The van der Waals surface area contributed by atoms with E-state index in [1.165, 1.54) is 0 Å². The average molecular weight is 275 g/mol. The van der Waals surface area contributed by atoms with Crippen LogP contribution in [0.3, 0.4) is 0 Å². The first-order valence-electron chi connectivity index (χ1n) is 5.84. The van der Waals surface area contributed by atoms with Crippen LogP contribution in [-0.4, -0.2) is 4.99 Å². The molecule has 0 aliphatic heterocycles. The van der Waals surface area contributed by atoms with E-state index in [2.05, 4.69) is 0 Å². The molecule has 2 aromatic carbocycles. The van der Waals surface area contributed by atoms with E-state index < -0.39 is 5.82 Å². The van der Waals surface area contributed by atoms with Gasteiger partial charge in [-0.2, -0.15) is 0 Å². The van der Waals surface area contributed by atoms with Gasteiger partial charge < -0.3 is 10.5 Å². The van der Waals surface area contributed by atoms with Crippen LogP contribution in [0.4, 0.5) is 4.39 Å². The van der Waals surface area contributed by atoms with Crippen molar-refractivity contribution in [3.8, 4) is 5.75 Å². The van der Waals surface area contributed by atoms with Crippen LogP contribution in [0.2, 0.25) is 0 Å². The molecular formula is C15H14FNOS. The third kappa shape index (κ3) is 3.29. The Morgan fingerprint density at radius 3 is 2.53 bits per heavy atom. The van der Waals surface area contributed by atoms with Crippen LogP contribution in [0, 0.1) is 12.7 Å². The Kier molecular flexibility index (Phi) is 4.12. The van der Waals surface area contributed by atoms with Gasteiger partial charge in [0.25, 0.3) is 0 Å². The third-order valence-corrected chi connectivity index (χ3v) is 2.98. The maximum atomic E-state index is 14.0. The lowest BCUT2D eigenvalue weighted by Crippen LogP contribution is -2.13. The first-order chi connectivity index (χ1) is 9.08. The number of aryl methyl sites for hydroxylation is 1. The highest BCUT2D eigenvalue weighted by Crippen LogP contribution is 2.17. The summed E-state index contributed by atoms with van der Waals surface area (Å²) in [6.45, 7) is 2.14. The summed E-state index contributed by atoms with van der Waals surface area (Å²) < 4.78 is 19.6. The lowest BCUT2D eigenvalue weighted by molar-refractivity contribution is 0.299. The normalized spacial score (nSPS) is 10.2. The predicted octanol–water partition coefficient (Wildman–Crippen LogP) is 3.35. The number of halogens is 1. The number of nitrogens with two attached hydrogens (primary N) is 1. The van der Waals surface area contributed by atoms with Gasteiger partial charge in [0.05, 0.1) is 0 Å². The van der Waals surface area contributed by atoms with Crippen LogP contribution in [0.5, 0.6) is 5.75 Å². The second kappa shape index (κ2) is 5.80. The molecule has 2 N–H and O–H groups in total. The van der Waals surface area contributed by atoms with E-state index in [4.69, 9.17) is 22.7 Å². The van der Waals surface area contributed by atoms with Crippen LogP contribution < -0.4 is 10.5 Å². The quantitative estimate of drug-likeness (QED) is 0.869. The fraction of sp³-hybridized carbons (Fsp3) is 0.133. The molecule has 4 heteroatoms. The summed E-state index contributed by atoms with van der Waals surface area (Å²) in [5.41, 5.74) is 7.29. The molecule has 0 radical (unpaired) electrons. The van der Waals surface area contributed by atoms with Gasteiger partial charge in [-0.3, -0.25) is 0 Å². The first kappa shape index (κ1) is 13.5. The highest BCUT2D eigenvalue weighted by Gasteiger charge is 2.10. The molecule has 2 nitrogen and oxygen atoms in total. The molecule has 0 atom stereocenters. The monoisotopic (exact) mass is 275 g/mol. The molecule has 2 rings (SSSR count). The Bertz CT molecular complexity index is 596. The molecule has 0 unspecified atom stereocenters. The molecule has 19 heavy (non-hydrogen) atoms. The molecule has 0 aliphatic rings. The summed E-state index contributed by atoms with van der Waals surface area (Å²) in [5.74, 6) is 0.285. The van der Waals surface area contributed by atoms with E-state index in [1.54, 1.807) is 18.2 Å². The summed E-state index contributed by atoms with van der Waals surface area (Å²) in [6.07, 6.45) is 0. The van der Waals surface area contributed by atoms with Crippen LogP contribution in [0.25, 0.3) is 0 Å². The van der Waals surface area contributed by atoms with E-state index in [-0.39, 0.29) is 17.2 Å². The van der Waals surface area contributed by atoms with E-state index in [0.29, 0.717) is 11.3 Å². The molecule has 2 aromatic rings. The van der Waals surface area contributed by atoms with Crippen LogP contribution in [0.1, 0.15) is 16.7 Å². The van der Waals surface area contributed by atoms with Crippen molar-refractivity contribution < 1.29 is 9.13 Å². The highest BCUT2D eigenvalue weighted by atomic mass is 32.1. The summed E-state index contributed by atoms with van der Waals surface area (Å²) in [6, 6.07) is 12.5. The molecule has 0 spiro atoms. The number of thiocarbonyl (C=S) groups is 1. The largest absolute Gasteiger partial charge is 0.489 e. The Morgan fingerprint density at radius 1 is 1.21 bits per heavy atom. The van der Waals surface area contributed by atoms with E-state index in [0.717, 1.165) is 5.56 Å². The van der Waals surface area contributed by atoms with E-state index in [9.17, 15) is 4.39 Å². The molecule has 0 fully saturated rings. The highest BCUT2D eigenvalue weighted by molar-refractivity contribution is 7.80. The van der Waals surface area contributed by atoms with Gasteiger partial charge in [0.1, 0.15) is 23.2 Å². The predicted molar refractivity (Wildman–Crippen MR) is 77.8 cm³/mol. The summed E-state index contributed by atoms with van der Waals surface area (Å²) in [5, 5.41) is 0. The Labute approximate surface area is 117 Å². The smallest absolute Gasteiger partial charge is 0.139 e. The number of benzene rings is 2. The second-order valence-electron chi connectivity index (χ2n) is 4.24. The Morgan fingerprint density at radius 2 is 1.89 bits per heavy atom. The van der Waals surface area contributed by atoms with Gasteiger partial charge in [-0.25, -0.2) is 4.39 Å². The number of ether oxygens (including phenoxy) is 1. The molecule has 0 saturated heterocycles. The van der Waals surface area contributed by atoms with Gasteiger partial charge in [0.2, 0.25) is 0 Å². The molecule has 0 aromatic heterocycles. The molecule has 0 saturated carbocycles. The summed E-state index contributed by atoms with van der Waals surface area (Å²) in [4.78, 5) is 0.0506. The molecule has 98 valence electrons. The summed E-state index contributed by atoms with van der Waals surface area (Å²) in [7, 11) is 0.